The van der Waals surface area contributed by atoms with Crippen LogP contribution in [-0.4, -0.2) is 71.4 Å². The molecule has 2 aromatic carbocycles. The first-order valence-electron chi connectivity index (χ1n) is 13.7. The summed E-state index contributed by atoms with van der Waals surface area (Å²) in [4.78, 5) is 57.8. The van der Waals surface area contributed by atoms with Gasteiger partial charge in [-0.3, -0.25) is 24.7 Å². The quantitative estimate of drug-likeness (QED) is 0.364. The highest BCUT2D eigenvalue weighted by molar-refractivity contribution is 6.09. The molecule has 3 aromatic rings. The number of aromatic nitrogens is 1. The van der Waals surface area contributed by atoms with E-state index in [0.717, 1.165) is 53.7 Å². The molecule has 0 bridgehead atoms. The van der Waals surface area contributed by atoms with E-state index < -0.39 is 23.5 Å². The number of para-hydroxylation sites is 1. The number of amides is 5. The van der Waals surface area contributed by atoms with Crippen molar-refractivity contribution >= 4 is 34.7 Å². The number of aryl methyl sites for hydroxylation is 1. The van der Waals surface area contributed by atoms with E-state index in [1.807, 2.05) is 37.3 Å². The van der Waals surface area contributed by atoms with Gasteiger partial charge in [0.15, 0.2) is 5.54 Å². The minimum atomic E-state index is -1.39. The summed E-state index contributed by atoms with van der Waals surface area (Å²) in [5, 5.41) is 12.3. The summed E-state index contributed by atoms with van der Waals surface area (Å²) >= 11 is 0. The van der Waals surface area contributed by atoms with Crippen LogP contribution in [-0.2, 0) is 16.0 Å². The molecule has 3 aliphatic rings. The number of likely N-dealkylation sites (tertiary alicyclic amines) is 1. The molecule has 206 valence electrons. The molecule has 3 fully saturated rings. The van der Waals surface area contributed by atoms with E-state index in [2.05, 4.69) is 38.4 Å². The van der Waals surface area contributed by atoms with Crippen molar-refractivity contribution in [1.29, 1.82) is 0 Å². The topological polar surface area (TPSA) is 133 Å². The molecule has 4 heterocycles. The SMILES string of the molecule is Cc1cc(Cc2ccc(C(=O)N[C@H]3CN(C(=O)C4CCNCC4)C[C@]34NC(=O)NC4=O)cc2)c2ccccc2n1. The Morgan fingerprint density at radius 1 is 1.07 bits per heavy atom. The van der Waals surface area contributed by atoms with Crippen molar-refractivity contribution in [3.05, 3.63) is 77.0 Å². The second kappa shape index (κ2) is 10.3. The van der Waals surface area contributed by atoms with Crippen LogP contribution in [0.25, 0.3) is 10.9 Å². The summed E-state index contributed by atoms with van der Waals surface area (Å²) in [6.07, 6.45) is 2.13. The van der Waals surface area contributed by atoms with Gasteiger partial charge in [0.2, 0.25) is 5.91 Å². The van der Waals surface area contributed by atoms with Crippen molar-refractivity contribution in [2.75, 3.05) is 26.2 Å². The molecule has 1 spiro atoms. The van der Waals surface area contributed by atoms with Crippen LogP contribution in [0, 0.1) is 12.8 Å². The zero-order valence-corrected chi connectivity index (χ0v) is 22.3. The third-order valence-corrected chi connectivity index (χ3v) is 8.25. The molecule has 0 aliphatic carbocycles. The zero-order chi connectivity index (χ0) is 27.9. The lowest BCUT2D eigenvalue weighted by Crippen LogP contribution is -2.62. The maximum absolute atomic E-state index is 13.3. The molecule has 4 N–H and O–H groups in total. The average Bonchev–Trinajstić information content (AvgIpc) is 3.46. The van der Waals surface area contributed by atoms with Crippen molar-refractivity contribution in [3.63, 3.8) is 0 Å². The van der Waals surface area contributed by atoms with E-state index in [9.17, 15) is 19.2 Å². The van der Waals surface area contributed by atoms with Gasteiger partial charge < -0.3 is 20.9 Å². The lowest BCUT2D eigenvalue weighted by atomic mass is 9.93. The van der Waals surface area contributed by atoms with E-state index in [0.29, 0.717) is 12.0 Å². The number of nitrogens with one attached hydrogen (secondary N) is 4. The molecule has 6 rings (SSSR count). The third kappa shape index (κ3) is 4.79. The largest absolute Gasteiger partial charge is 0.345 e. The molecule has 0 radical (unpaired) electrons. The predicted molar refractivity (Wildman–Crippen MR) is 149 cm³/mol. The van der Waals surface area contributed by atoms with Crippen LogP contribution in [0.3, 0.4) is 0 Å². The number of carbonyl (C=O) groups is 4. The molecular weight excluding hydrogens is 508 g/mol. The van der Waals surface area contributed by atoms with Crippen LogP contribution < -0.4 is 21.3 Å². The third-order valence-electron chi connectivity index (χ3n) is 8.25. The first-order chi connectivity index (χ1) is 19.3. The lowest BCUT2D eigenvalue weighted by Gasteiger charge is -2.28. The van der Waals surface area contributed by atoms with Gasteiger partial charge in [0.05, 0.1) is 18.1 Å². The van der Waals surface area contributed by atoms with Gasteiger partial charge in [-0.15, -0.1) is 0 Å². The second-order valence-corrected chi connectivity index (χ2v) is 11.0. The lowest BCUT2D eigenvalue weighted by molar-refractivity contribution is -0.135. The summed E-state index contributed by atoms with van der Waals surface area (Å²) < 4.78 is 0. The molecule has 0 unspecified atom stereocenters. The Labute approximate surface area is 231 Å². The van der Waals surface area contributed by atoms with Crippen molar-refractivity contribution < 1.29 is 19.2 Å². The van der Waals surface area contributed by atoms with Crippen LogP contribution in [0.4, 0.5) is 4.79 Å². The van der Waals surface area contributed by atoms with Gasteiger partial charge >= 0.3 is 6.03 Å². The maximum atomic E-state index is 13.3. The van der Waals surface area contributed by atoms with Crippen LogP contribution in [0.15, 0.2) is 54.6 Å². The number of piperidine rings is 1. The van der Waals surface area contributed by atoms with Crippen LogP contribution >= 0.6 is 0 Å². The monoisotopic (exact) mass is 540 g/mol. The van der Waals surface area contributed by atoms with Gasteiger partial charge in [-0.25, -0.2) is 4.79 Å². The normalized spacial score (nSPS) is 22.9. The van der Waals surface area contributed by atoms with Gasteiger partial charge in [0, 0.05) is 29.1 Å². The smallest absolute Gasteiger partial charge is 0.322 e. The fourth-order valence-corrected chi connectivity index (χ4v) is 6.15. The minimum absolute atomic E-state index is 0.0243. The summed E-state index contributed by atoms with van der Waals surface area (Å²) in [6.45, 7) is 3.68. The maximum Gasteiger partial charge on any atom is 0.322 e. The van der Waals surface area contributed by atoms with E-state index in [-0.39, 0.29) is 30.8 Å². The number of pyridine rings is 1. The van der Waals surface area contributed by atoms with Crippen molar-refractivity contribution in [3.8, 4) is 0 Å². The Bertz CT molecular complexity index is 1500. The highest BCUT2D eigenvalue weighted by Crippen LogP contribution is 2.29. The highest BCUT2D eigenvalue weighted by Gasteiger charge is 2.59. The van der Waals surface area contributed by atoms with Gasteiger partial charge in [0.1, 0.15) is 0 Å². The number of urea groups is 1. The molecular formula is C30H32N6O4. The van der Waals surface area contributed by atoms with Crippen molar-refractivity contribution in [2.24, 2.45) is 5.92 Å². The number of nitrogens with zero attached hydrogens (tertiary/aromatic N) is 2. The van der Waals surface area contributed by atoms with Gasteiger partial charge in [0.25, 0.3) is 11.8 Å². The Kier molecular flexibility index (Phi) is 6.71. The van der Waals surface area contributed by atoms with E-state index in [1.54, 1.807) is 17.0 Å². The summed E-state index contributed by atoms with van der Waals surface area (Å²) in [5.74, 6) is -1.08. The van der Waals surface area contributed by atoms with E-state index >= 15 is 0 Å². The number of hydrogen-bond acceptors (Lipinski definition) is 6. The average molecular weight is 541 g/mol. The van der Waals surface area contributed by atoms with Gasteiger partial charge in [-0.1, -0.05) is 30.3 Å². The highest BCUT2D eigenvalue weighted by atomic mass is 16.2. The standard InChI is InChI=1S/C30H32N6O4/c1-18-14-22(23-4-2-3-5-24(23)32-18)15-19-6-8-20(9-7-19)26(37)33-25-16-36(27(38)21-10-12-31-13-11-21)17-30(25)28(39)34-29(40)35-30/h2-9,14,21,25,31H,10-13,15-17H2,1H3,(H,33,37)(H2,34,35,39,40)/t25-,30-/m0/s1. The molecule has 3 saturated heterocycles. The Balaban J connectivity index is 1.18. The summed E-state index contributed by atoms with van der Waals surface area (Å²) in [7, 11) is 0. The van der Waals surface area contributed by atoms with E-state index in [1.165, 1.54) is 0 Å². The van der Waals surface area contributed by atoms with Crippen LogP contribution in [0.5, 0.6) is 0 Å². The fraction of sp³-hybridized carbons (Fsp3) is 0.367. The van der Waals surface area contributed by atoms with E-state index in [4.69, 9.17) is 0 Å². The molecule has 5 amide bonds. The molecule has 0 saturated carbocycles. The fourth-order valence-electron chi connectivity index (χ4n) is 6.15. The number of hydrogen-bond donors (Lipinski definition) is 4. The molecule has 10 nitrogen and oxygen atoms in total. The Hall–Kier alpha value is -4.31. The molecule has 3 aliphatic heterocycles. The summed E-state index contributed by atoms with van der Waals surface area (Å²) in [5.41, 5.74) is 3.15. The first kappa shape index (κ1) is 25.9. The minimum Gasteiger partial charge on any atom is -0.345 e. The van der Waals surface area contributed by atoms with Crippen molar-refractivity contribution in [1.82, 2.24) is 31.2 Å². The number of fused-ring (bicyclic) bond motifs is 1. The van der Waals surface area contributed by atoms with Crippen LogP contribution in [0.2, 0.25) is 0 Å². The molecule has 2 atom stereocenters. The van der Waals surface area contributed by atoms with Gasteiger partial charge in [-0.2, -0.15) is 0 Å². The number of rotatable bonds is 5. The molecule has 10 heteroatoms. The first-order valence-corrected chi connectivity index (χ1v) is 13.7. The Morgan fingerprint density at radius 3 is 2.55 bits per heavy atom. The van der Waals surface area contributed by atoms with Crippen LogP contribution in [0.1, 0.15) is 40.0 Å². The molecule has 40 heavy (non-hydrogen) atoms. The van der Waals surface area contributed by atoms with Gasteiger partial charge in [-0.05, 0) is 74.7 Å². The number of imide groups is 1. The number of carbonyl (C=O) groups excluding carboxylic acids is 4. The zero-order valence-electron chi connectivity index (χ0n) is 22.3. The molecule has 1 aromatic heterocycles. The predicted octanol–water partition coefficient (Wildman–Crippen LogP) is 1.65. The Morgan fingerprint density at radius 2 is 1.82 bits per heavy atom. The van der Waals surface area contributed by atoms with Crippen molar-refractivity contribution in [2.45, 2.75) is 37.8 Å². The second-order valence-electron chi connectivity index (χ2n) is 11.0. The summed E-state index contributed by atoms with van der Waals surface area (Å²) in [6, 6.07) is 16.1. The number of benzene rings is 2.